The van der Waals surface area contributed by atoms with E-state index in [9.17, 15) is 9.18 Å². The van der Waals surface area contributed by atoms with Gasteiger partial charge in [0.25, 0.3) is 5.91 Å². The van der Waals surface area contributed by atoms with Crippen molar-refractivity contribution in [1.82, 2.24) is 9.80 Å². The highest BCUT2D eigenvalue weighted by atomic mass is 32.2. The second kappa shape index (κ2) is 9.52. The second-order valence-electron chi connectivity index (χ2n) is 8.43. The molecule has 4 rings (SSSR count). The molecule has 30 heavy (non-hydrogen) atoms. The topological polar surface area (TPSA) is 23.6 Å². The van der Waals surface area contributed by atoms with E-state index in [1.807, 2.05) is 23.1 Å². The highest BCUT2D eigenvalue weighted by Crippen LogP contribution is 2.28. The van der Waals surface area contributed by atoms with Crippen molar-refractivity contribution in [1.29, 1.82) is 0 Å². The summed E-state index contributed by atoms with van der Waals surface area (Å²) in [6, 6.07) is 14.0. The van der Waals surface area contributed by atoms with Gasteiger partial charge in [-0.2, -0.15) is 0 Å². The largest absolute Gasteiger partial charge is 0.334 e. The molecule has 0 aromatic heterocycles. The van der Waals surface area contributed by atoms with Crippen LogP contribution in [0.1, 0.15) is 49.9 Å². The van der Waals surface area contributed by atoms with Gasteiger partial charge in [-0.3, -0.25) is 9.69 Å². The maximum absolute atomic E-state index is 15.0. The average Bonchev–Trinajstić information content (AvgIpc) is 3.38. The molecule has 2 heterocycles. The fourth-order valence-electron chi connectivity index (χ4n) is 4.76. The Bertz CT molecular complexity index is 885. The highest BCUT2D eigenvalue weighted by molar-refractivity contribution is 7.99. The molecule has 2 aromatic rings. The molecule has 0 N–H and O–H groups in total. The monoisotopic (exact) mass is 426 g/mol. The van der Waals surface area contributed by atoms with Crippen molar-refractivity contribution in [2.24, 2.45) is 0 Å². The molecule has 2 aromatic carbocycles. The summed E-state index contributed by atoms with van der Waals surface area (Å²) in [7, 11) is 0. The maximum Gasteiger partial charge on any atom is 0.257 e. The van der Waals surface area contributed by atoms with Gasteiger partial charge in [0.05, 0.1) is 5.56 Å². The molecule has 3 nitrogen and oxygen atoms in total. The summed E-state index contributed by atoms with van der Waals surface area (Å²) in [4.78, 5) is 18.8. The number of amides is 1. The predicted molar refractivity (Wildman–Crippen MR) is 123 cm³/mol. The van der Waals surface area contributed by atoms with Crippen molar-refractivity contribution in [3.05, 3.63) is 53.8 Å². The minimum Gasteiger partial charge on any atom is -0.334 e. The zero-order valence-corrected chi connectivity index (χ0v) is 18.8. The Hall–Kier alpha value is -1.85. The van der Waals surface area contributed by atoms with E-state index >= 15 is 0 Å². The molecular weight excluding hydrogens is 395 g/mol. The number of halogens is 1. The van der Waals surface area contributed by atoms with Crippen molar-refractivity contribution in [2.45, 2.75) is 56.5 Å². The third kappa shape index (κ3) is 4.57. The van der Waals surface area contributed by atoms with E-state index in [4.69, 9.17) is 0 Å². The molecule has 0 spiro atoms. The van der Waals surface area contributed by atoms with E-state index in [1.54, 1.807) is 17.8 Å². The van der Waals surface area contributed by atoms with Crippen molar-refractivity contribution in [3.8, 4) is 11.1 Å². The van der Waals surface area contributed by atoms with E-state index in [1.165, 1.54) is 23.8 Å². The van der Waals surface area contributed by atoms with Gasteiger partial charge >= 0.3 is 0 Å². The van der Waals surface area contributed by atoms with Crippen molar-refractivity contribution in [3.63, 3.8) is 0 Å². The van der Waals surface area contributed by atoms with Gasteiger partial charge < -0.3 is 4.90 Å². The first kappa shape index (κ1) is 21.4. The summed E-state index contributed by atoms with van der Waals surface area (Å²) in [6.07, 6.45) is 4.47. The minimum atomic E-state index is -0.426. The molecule has 0 bridgehead atoms. The van der Waals surface area contributed by atoms with E-state index in [0.29, 0.717) is 6.04 Å². The fourth-order valence-corrected chi connectivity index (χ4v) is 5.42. The van der Waals surface area contributed by atoms with Gasteiger partial charge in [0, 0.05) is 30.1 Å². The van der Waals surface area contributed by atoms with Crippen LogP contribution in [0.2, 0.25) is 0 Å². The van der Waals surface area contributed by atoms with Crippen LogP contribution < -0.4 is 0 Å². The van der Waals surface area contributed by atoms with Gasteiger partial charge in [-0.1, -0.05) is 25.1 Å². The molecule has 0 saturated carbocycles. The normalized spacial score (nSPS) is 22.0. The lowest BCUT2D eigenvalue weighted by atomic mass is 10.0. The molecule has 2 saturated heterocycles. The quantitative estimate of drug-likeness (QED) is 0.554. The van der Waals surface area contributed by atoms with Gasteiger partial charge in [-0.25, -0.2) is 4.39 Å². The molecule has 2 atom stereocenters. The second-order valence-corrected chi connectivity index (χ2v) is 9.77. The van der Waals surface area contributed by atoms with Crippen molar-refractivity contribution < 1.29 is 9.18 Å². The Morgan fingerprint density at radius 3 is 2.47 bits per heavy atom. The van der Waals surface area contributed by atoms with Crippen LogP contribution in [0.3, 0.4) is 0 Å². The molecule has 2 aliphatic rings. The van der Waals surface area contributed by atoms with E-state index in [-0.39, 0.29) is 17.5 Å². The Morgan fingerprint density at radius 2 is 1.80 bits per heavy atom. The summed E-state index contributed by atoms with van der Waals surface area (Å²) < 4.78 is 15.0. The lowest BCUT2D eigenvalue weighted by Gasteiger charge is -2.31. The number of carbonyl (C=O) groups excluding carboxylic acids is 1. The predicted octanol–water partition coefficient (Wildman–Crippen LogP) is 5.69. The average molecular weight is 427 g/mol. The summed E-state index contributed by atoms with van der Waals surface area (Å²) in [5, 5.41) is 0. The van der Waals surface area contributed by atoms with Crippen LogP contribution in [0.25, 0.3) is 11.1 Å². The van der Waals surface area contributed by atoms with E-state index < -0.39 is 5.82 Å². The number of thioether (sulfide) groups is 1. The van der Waals surface area contributed by atoms with Gasteiger partial charge in [-0.15, -0.1) is 11.8 Å². The zero-order valence-electron chi connectivity index (χ0n) is 17.9. The summed E-state index contributed by atoms with van der Waals surface area (Å²) in [5.74, 6) is 0.437. The standard InChI is InChI=1S/C25H31FN2OS/c1-3-30-22-11-8-19(9-12-22)20-10-13-23(24(26)16-20)25(29)28-15-5-7-21(28)17-27-14-4-6-18(27)2/h8-13,16,18,21H,3-7,14-15,17H2,1-2H3. The van der Waals surface area contributed by atoms with Gasteiger partial charge in [0.1, 0.15) is 5.82 Å². The summed E-state index contributed by atoms with van der Waals surface area (Å²) >= 11 is 1.79. The molecular formula is C25H31FN2OS. The van der Waals surface area contributed by atoms with Crippen molar-refractivity contribution in [2.75, 3.05) is 25.4 Å². The molecule has 5 heteroatoms. The molecule has 1 amide bonds. The number of rotatable bonds is 6. The first-order valence-corrected chi connectivity index (χ1v) is 12.1. The maximum atomic E-state index is 15.0. The number of likely N-dealkylation sites (tertiary alicyclic amines) is 2. The van der Waals surface area contributed by atoms with Crippen LogP contribution in [0.15, 0.2) is 47.4 Å². The number of carbonyl (C=O) groups is 1. The molecule has 2 unspecified atom stereocenters. The summed E-state index contributed by atoms with van der Waals surface area (Å²) in [5.41, 5.74) is 1.97. The van der Waals surface area contributed by atoms with Gasteiger partial charge in [0.15, 0.2) is 0 Å². The SMILES string of the molecule is CCSc1ccc(-c2ccc(C(=O)N3CCCC3CN3CCCC3C)c(F)c2)cc1. The highest BCUT2D eigenvalue weighted by Gasteiger charge is 2.33. The molecule has 0 aliphatic carbocycles. The zero-order chi connectivity index (χ0) is 21.1. The molecule has 2 fully saturated rings. The lowest BCUT2D eigenvalue weighted by Crippen LogP contribution is -2.44. The number of hydrogen-bond donors (Lipinski definition) is 0. The Balaban J connectivity index is 1.48. The van der Waals surface area contributed by atoms with Crippen LogP contribution in [0.5, 0.6) is 0 Å². The minimum absolute atomic E-state index is 0.164. The fraction of sp³-hybridized carbons (Fsp3) is 0.480. The van der Waals surface area contributed by atoms with Crippen molar-refractivity contribution >= 4 is 17.7 Å². The third-order valence-electron chi connectivity index (χ3n) is 6.47. The van der Waals surface area contributed by atoms with E-state index in [2.05, 4.69) is 30.9 Å². The number of benzene rings is 2. The lowest BCUT2D eigenvalue weighted by molar-refractivity contribution is 0.0692. The molecule has 0 radical (unpaired) electrons. The van der Waals surface area contributed by atoms with Crippen LogP contribution >= 0.6 is 11.8 Å². The Morgan fingerprint density at radius 1 is 1.07 bits per heavy atom. The Kier molecular flexibility index (Phi) is 6.79. The van der Waals surface area contributed by atoms with Crippen LogP contribution in [-0.2, 0) is 0 Å². The Labute approximate surface area is 183 Å². The molecule has 160 valence electrons. The smallest absolute Gasteiger partial charge is 0.257 e. The van der Waals surface area contributed by atoms with Gasteiger partial charge in [0.2, 0.25) is 0 Å². The number of hydrogen-bond acceptors (Lipinski definition) is 3. The van der Waals surface area contributed by atoms with Crippen LogP contribution in [0, 0.1) is 5.82 Å². The third-order valence-corrected chi connectivity index (χ3v) is 7.37. The summed E-state index contributed by atoms with van der Waals surface area (Å²) in [6.45, 7) is 7.14. The first-order chi connectivity index (χ1) is 14.6. The first-order valence-electron chi connectivity index (χ1n) is 11.1. The molecule has 2 aliphatic heterocycles. The van der Waals surface area contributed by atoms with Crippen LogP contribution in [-0.4, -0.2) is 53.2 Å². The van der Waals surface area contributed by atoms with Crippen LogP contribution in [0.4, 0.5) is 4.39 Å². The van der Waals surface area contributed by atoms with E-state index in [0.717, 1.165) is 49.4 Å². The van der Waals surface area contributed by atoms with Gasteiger partial charge in [-0.05, 0) is 80.3 Å². The number of nitrogens with zero attached hydrogens (tertiary/aromatic N) is 2.